The van der Waals surface area contributed by atoms with Crippen LogP contribution >= 0.6 is 11.8 Å². The van der Waals surface area contributed by atoms with Gasteiger partial charge in [-0.05, 0) is 55.2 Å². The van der Waals surface area contributed by atoms with Crippen molar-refractivity contribution < 1.29 is 14.0 Å². The molecule has 2 fully saturated rings. The molecule has 0 bridgehead atoms. The van der Waals surface area contributed by atoms with E-state index in [1.54, 1.807) is 12.1 Å². The fraction of sp³-hybridized carbons (Fsp3) is 0.364. The zero-order chi connectivity index (χ0) is 19.7. The summed E-state index contributed by atoms with van der Waals surface area (Å²) >= 11 is 1.47. The van der Waals surface area contributed by atoms with Crippen LogP contribution in [0.15, 0.2) is 42.5 Å². The third-order valence-electron chi connectivity index (χ3n) is 5.39. The van der Waals surface area contributed by atoms with Gasteiger partial charge in [0.05, 0.1) is 11.4 Å². The topological polar surface area (TPSA) is 49.4 Å². The van der Waals surface area contributed by atoms with Crippen molar-refractivity contribution in [1.82, 2.24) is 0 Å². The van der Waals surface area contributed by atoms with Crippen LogP contribution in [0, 0.1) is 18.7 Å². The van der Waals surface area contributed by atoms with Crippen LogP contribution in [0.1, 0.15) is 42.2 Å². The lowest BCUT2D eigenvalue weighted by molar-refractivity contribution is -0.119. The van der Waals surface area contributed by atoms with Crippen LogP contribution in [0.3, 0.4) is 0 Å². The van der Waals surface area contributed by atoms with Crippen LogP contribution in [-0.4, -0.2) is 17.6 Å². The Bertz CT molecular complexity index is 911. The van der Waals surface area contributed by atoms with Gasteiger partial charge in [0.25, 0.3) is 0 Å². The number of hydrogen-bond donors (Lipinski definition) is 1. The van der Waals surface area contributed by atoms with Crippen LogP contribution < -0.4 is 10.2 Å². The number of thioether (sulfide) groups is 1. The van der Waals surface area contributed by atoms with Crippen molar-refractivity contribution in [2.24, 2.45) is 5.92 Å². The molecular weight excluding hydrogens is 375 g/mol. The average Bonchev–Trinajstić information content (AvgIpc) is 3.34. The number of carbonyl (C=O) groups excluding carboxylic acids is 2. The summed E-state index contributed by atoms with van der Waals surface area (Å²) in [6, 6.07) is 12.3. The molecule has 4 rings (SSSR count). The van der Waals surface area contributed by atoms with Gasteiger partial charge in [0.1, 0.15) is 11.2 Å². The molecular formula is C22H23FN2O2S. The number of hydrogen-bond acceptors (Lipinski definition) is 3. The van der Waals surface area contributed by atoms with Crippen LogP contribution in [0.25, 0.3) is 0 Å². The number of amides is 2. The minimum Gasteiger partial charge on any atom is -0.326 e. The Hall–Kier alpha value is -2.34. The highest BCUT2D eigenvalue weighted by atomic mass is 32.2. The maximum absolute atomic E-state index is 14.4. The van der Waals surface area contributed by atoms with Crippen molar-refractivity contribution in [3.8, 4) is 0 Å². The quantitative estimate of drug-likeness (QED) is 0.785. The molecule has 1 aliphatic carbocycles. The minimum atomic E-state index is -0.405. The normalized spacial score (nSPS) is 20.0. The van der Waals surface area contributed by atoms with Crippen molar-refractivity contribution in [3.63, 3.8) is 0 Å². The summed E-state index contributed by atoms with van der Waals surface area (Å²) in [7, 11) is 0. The molecule has 1 saturated heterocycles. The van der Waals surface area contributed by atoms with Gasteiger partial charge in [-0.1, -0.05) is 31.0 Å². The molecule has 1 N–H and O–H groups in total. The van der Waals surface area contributed by atoms with Crippen molar-refractivity contribution in [3.05, 3.63) is 59.4 Å². The third kappa shape index (κ3) is 3.78. The van der Waals surface area contributed by atoms with E-state index in [4.69, 9.17) is 0 Å². The molecule has 28 heavy (non-hydrogen) atoms. The Morgan fingerprint density at radius 2 is 1.96 bits per heavy atom. The predicted octanol–water partition coefficient (Wildman–Crippen LogP) is 5.04. The fourth-order valence-electron chi connectivity index (χ4n) is 3.94. The first-order valence-corrected chi connectivity index (χ1v) is 10.7. The van der Waals surface area contributed by atoms with E-state index < -0.39 is 5.82 Å². The van der Waals surface area contributed by atoms with E-state index in [2.05, 4.69) is 5.32 Å². The molecule has 146 valence electrons. The van der Waals surface area contributed by atoms with E-state index in [1.165, 1.54) is 22.7 Å². The summed E-state index contributed by atoms with van der Waals surface area (Å²) in [6.07, 6.45) is 4.10. The highest BCUT2D eigenvalue weighted by molar-refractivity contribution is 8.00. The number of nitrogens with one attached hydrogen (secondary N) is 1. The molecule has 2 aromatic rings. The molecule has 0 unspecified atom stereocenters. The first-order valence-electron chi connectivity index (χ1n) is 9.63. The summed E-state index contributed by atoms with van der Waals surface area (Å²) in [4.78, 5) is 26.5. The smallest absolute Gasteiger partial charge is 0.238 e. The molecule has 0 aromatic heterocycles. The number of rotatable bonds is 4. The largest absolute Gasteiger partial charge is 0.326 e. The second kappa shape index (κ2) is 7.95. The fourth-order valence-corrected chi connectivity index (χ4v) is 5.10. The number of halogens is 1. The third-order valence-corrected chi connectivity index (χ3v) is 6.61. The van der Waals surface area contributed by atoms with Gasteiger partial charge in [-0.25, -0.2) is 4.39 Å². The number of carbonyl (C=O) groups is 2. The van der Waals surface area contributed by atoms with Gasteiger partial charge in [0.2, 0.25) is 11.8 Å². The number of anilines is 2. The molecule has 1 heterocycles. The molecule has 2 aliphatic rings. The second-order valence-electron chi connectivity index (χ2n) is 7.48. The van der Waals surface area contributed by atoms with Crippen LogP contribution in [0.4, 0.5) is 15.8 Å². The van der Waals surface area contributed by atoms with Crippen molar-refractivity contribution in [2.45, 2.75) is 38.0 Å². The van der Waals surface area contributed by atoms with Crippen LogP contribution in [0.2, 0.25) is 0 Å². The van der Waals surface area contributed by atoms with Gasteiger partial charge >= 0.3 is 0 Å². The van der Waals surface area contributed by atoms with E-state index in [-0.39, 0.29) is 23.1 Å². The zero-order valence-corrected chi connectivity index (χ0v) is 16.6. The van der Waals surface area contributed by atoms with Gasteiger partial charge in [-0.2, -0.15) is 0 Å². The van der Waals surface area contributed by atoms with E-state index in [9.17, 15) is 14.0 Å². The monoisotopic (exact) mass is 398 g/mol. The Balaban J connectivity index is 1.59. The highest BCUT2D eigenvalue weighted by Gasteiger charge is 2.35. The summed E-state index contributed by atoms with van der Waals surface area (Å²) in [5.74, 6) is -0.0659. The Labute approximate surface area is 168 Å². The SMILES string of the molecule is Cc1ccc(F)c(N2C(=O)CS[C@@H]2c2cccc(NC(=O)C3CCCC3)c2)c1. The Kier molecular flexibility index (Phi) is 5.40. The van der Waals surface area contributed by atoms with Gasteiger partial charge in [-0.3, -0.25) is 14.5 Å². The van der Waals surface area contributed by atoms with E-state index in [0.29, 0.717) is 11.4 Å². The molecule has 2 aromatic carbocycles. The van der Waals surface area contributed by atoms with Gasteiger partial charge in [-0.15, -0.1) is 11.8 Å². The maximum Gasteiger partial charge on any atom is 0.238 e. The van der Waals surface area contributed by atoms with Crippen molar-refractivity contribution in [2.75, 3.05) is 16.0 Å². The maximum atomic E-state index is 14.4. The zero-order valence-electron chi connectivity index (χ0n) is 15.8. The Morgan fingerprint density at radius 1 is 1.18 bits per heavy atom. The summed E-state index contributed by atoms with van der Waals surface area (Å²) in [5.41, 5.74) is 2.80. The molecule has 6 heteroatoms. The lowest BCUT2D eigenvalue weighted by atomic mass is 10.1. The Morgan fingerprint density at radius 3 is 2.75 bits per heavy atom. The molecule has 0 radical (unpaired) electrons. The van der Waals surface area contributed by atoms with Crippen molar-refractivity contribution >= 4 is 35.0 Å². The van der Waals surface area contributed by atoms with Crippen molar-refractivity contribution in [1.29, 1.82) is 0 Å². The van der Waals surface area contributed by atoms with Gasteiger partial charge < -0.3 is 5.32 Å². The molecule has 0 spiro atoms. The van der Waals surface area contributed by atoms with E-state index in [0.717, 1.165) is 42.5 Å². The number of nitrogens with zero attached hydrogens (tertiary/aromatic N) is 1. The van der Waals surface area contributed by atoms with Gasteiger partial charge in [0, 0.05) is 11.6 Å². The predicted molar refractivity (Wildman–Crippen MR) is 111 cm³/mol. The summed E-state index contributed by atoms with van der Waals surface area (Å²) < 4.78 is 14.4. The van der Waals surface area contributed by atoms with Crippen LogP contribution in [0.5, 0.6) is 0 Å². The van der Waals surface area contributed by atoms with E-state index >= 15 is 0 Å². The minimum absolute atomic E-state index is 0.0615. The number of benzene rings is 2. The molecule has 1 aliphatic heterocycles. The first kappa shape index (κ1) is 19.0. The van der Waals surface area contributed by atoms with Gasteiger partial charge in [0.15, 0.2) is 0 Å². The summed E-state index contributed by atoms with van der Waals surface area (Å²) in [5, 5.41) is 2.70. The molecule has 2 amide bonds. The lowest BCUT2D eigenvalue weighted by Crippen LogP contribution is -2.29. The lowest BCUT2D eigenvalue weighted by Gasteiger charge is -2.25. The highest BCUT2D eigenvalue weighted by Crippen LogP contribution is 2.43. The molecule has 4 nitrogen and oxygen atoms in total. The molecule has 1 atom stereocenters. The number of aryl methyl sites for hydroxylation is 1. The standard InChI is InChI=1S/C22H23FN2O2S/c1-14-9-10-18(23)19(11-14)25-20(26)13-28-22(25)16-7-4-8-17(12-16)24-21(27)15-5-2-3-6-15/h4,7-12,15,22H,2-3,5-6,13H2,1H3,(H,24,27)/t22-/m1/s1. The summed E-state index contributed by atoms with van der Waals surface area (Å²) in [6.45, 7) is 1.88. The second-order valence-corrected chi connectivity index (χ2v) is 8.55. The first-order chi connectivity index (χ1) is 13.5. The van der Waals surface area contributed by atoms with E-state index in [1.807, 2.05) is 31.2 Å². The van der Waals surface area contributed by atoms with Crippen LogP contribution in [-0.2, 0) is 9.59 Å². The average molecular weight is 399 g/mol. The molecule has 1 saturated carbocycles.